The molecular weight excluding hydrogens is 407 g/mol. The molecule has 1 aliphatic heterocycles. The Morgan fingerprint density at radius 1 is 0.969 bits per heavy atom. The maximum absolute atomic E-state index is 13.6. The lowest BCUT2D eigenvalue weighted by Gasteiger charge is -2.30. The predicted octanol–water partition coefficient (Wildman–Crippen LogP) is 3.80. The average Bonchev–Trinajstić information content (AvgIpc) is 3.22. The van der Waals surface area contributed by atoms with Crippen molar-refractivity contribution < 1.29 is 9.18 Å². The maximum atomic E-state index is 13.6. The third-order valence-electron chi connectivity index (χ3n) is 5.70. The van der Waals surface area contributed by atoms with E-state index in [0.29, 0.717) is 31.0 Å². The third kappa shape index (κ3) is 3.62. The monoisotopic (exact) mass is 428 g/mol. The summed E-state index contributed by atoms with van der Waals surface area (Å²) in [6, 6.07) is 17.6. The molecule has 0 radical (unpaired) electrons. The molecule has 0 aliphatic carbocycles. The molecule has 3 heterocycles. The van der Waals surface area contributed by atoms with Gasteiger partial charge in [-0.05, 0) is 53.9 Å². The van der Waals surface area contributed by atoms with Gasteiger partial charge in [0.2, 0.25) is 0 Å². The van der Waals surface area contributed by atoms with E-state index in [1.54, 1.807) is 40.2 Å². The number of rotatable bonds is 4. The summed E-state index contributed by atoms with van der Waals surface area (Å²) in [6.07, 6.45) is 3.38. The van der Waals surface area contributed by atoms with E-state index in [2.05, 4.69) is 4.98 Å². The molecule has 4 aromatic rings. The minimum absolute atomic E-state index is 0.183. The lowest BCUT2D eigenvalue weighted by Crippen LogP contribution is -2.44. The highest BCUT2D eigenvalue weighted by Crippen LogP contribution is 2.23. The highest BCUT2D eigenvalue weighted by molar-refractivity contribution is 5.93. The van der Waals surface area contributed by atoms with Crippen molar-refractivity contribution in [3.8, 4) is 16.8 Å². The van der Waals surface area contributed by atoms with E-state index in [1.807, 2.05) is 37.3 Å². The van der Waals surface area contributed by atoms with Crippen molar-refractivity contribution in [1.82, 2.24) is 19.0 Å². The van der Waals surface area contributed by atoms with Crippen LogP contribution in [-0.4, -0.2) is 31.5 Å². The van der Waals surface area contributed by atoms with E-state index in [-0.39, 0.29) is 17.3 Å². The summed E-state index contributed by atoms with van der Waals surface area (Å²) in [5, 5.41) is 0. The number of carbonyl (C=O) groups excluding carboxylic acids is 1. The second kappa shape index (κ2) is 7.92. The fraction of sp³-hybridized carbons (Fsp3) is 0.160. The molecule has 0 spiro atoms. The molecule has 0 saturated carbocycles. The number of aryl methyl sites for hydroxylation is 1. The summed E-state index contributed by atoms with van der Waals surface area (Å²) >= 11 is 0. The van der Waals surface area contributed by atoms with E-state index in [4.69, 9.17) is 0 Å². The Hall–Kier alpha value is -4.00. The number of carbonyl (C=O) groups is 1. The van der Waals surface area contributed by atoms with Crippen molar-refractivity contribution in [1.29, 1.82) is 0 Å². The van der Waals surface area contributed by atoms with E-state index in [9.17, 15) is 14.0 Å². The molecular formula is C25H21FN4O2. The molecule has 32 heavy (non-hydrogen) atoms. The quantitative estimate of drug-likeness (QED) is 0.497. The van der Waals surface area contributed by atoms with Crippen LogP contribution in [0.4, 0.5) is 4.39 Å². The zero-order chi connectivity index (χ0) is 22.2. The van der Waals surface area contributed by atoms with Gasteiger partial charge in [0.1, 0.15) is 17.2 Å². The molecule has 5 rings (SSSR count). The van der Waals surface area contributed by atoms with Gasteiger partial charge in [-0.25, -0.2) is 9.37 Å². The Morgan fingerprint density at radius 2 is 1.75 bits per heavy atom. The second-order valence-corrected chi connectivity index (χ2v) is 7.92. The number of amides is 1. The topological polar surface area (TPSA) is 60.1 Å². The van der Waals surface area contributed by atoms with Crippen LogP contribution in [0.2, 0.25) is 0 Å². The predicted molar refractivity (Wildman–Crippen MR) is 119 cm³/mol. The van der Waals surface area contributed by atoms with Gasteiger partial charge in [-0.3, -0.25) is 9.59 Å². The van der Waals surface area contributed by atoms with Crippen LogP contribution in [0.25, 0.3) is 16.8 Å². The summed E-state index contributed by atoms with van der Waals surface area (Å²) in [7, 11) is 0. The zero-order valence-corrected chi connectivity index (χ0v) is 17.5. The minimum atomic E-state index is -0.286. The minimum Gasteiger partial charge on any atom is -0.331 e. The zero-order valence-electron chi connectivity index (χ0n) is 17.5. The normalized spacial score (nSPS) is 13.3. The van der Waals surface area contributed by atoms with Gasteiger partial charge in [0.15, 0.2) is 0 Å². The molecule has 2 aromatic carbocycles. The van der Waals surface area contributed by atoms with Gasteiger partial charge < -0.3 is 14.0 Å². The highest BCUT2D eigenvalue weighted by atomic mass is 19.1. The van der Waals surface area contributed by atoms with Crippen LogP contribution in [0.3, 0.4) is 0 Å². The summed E-state index contributed by atoms with van der Waals surface area (Å²) < 4.78 is 16.8. The highest BCUT2D eigenvalue weighted by Gasteiger charge is 2.26. The van der Waals surface area contributed by atoms with Gasteiger partial charge in [0.25, 0.3) is 11.5 Å². The first kappa shape index (κ1) is 19.9. The number of nitrogens with zero attached hydrogens (tertiary/aromatic N) is 4. The molecule has 0 saturated heterocycles. The van der Waals surface area contributed by atoms with Crippen LogP contribution in [0, 0.1) is 12.7 Å². The van der Waals surface area contributed by atoms with Gasteiger partial charge in [0.05, 0.1) is 12.0 Å². The van der Waals surface area contributed by atoms with Crippen molar-refractivity contribution in [2.24, 2.45) is 0 Å². The first-order valence-electron chi connectivity index (χ1n) is 10.4. The van der Waals surface area contributed by atoms with Crippen molar-refractivity contribution in [3.05, 3.63) is 106 Å². The second-order valence-electron chi connectivity index (χ2n) is 7.92. The summed E-state index contributed by atoms with van der Waals surface area (Å²) in [5.74, 6) is -0.468. The largest absolute Gasteiger partial charge is 0.331 e. The number of imidazole rings is 1. The Bertz CT molecular complexity index is 1390. The summed E-state index contributed by atoms with van der Waals surface area (Å²) in [5.41, 5.74) is 4.08. The van der Waals surface area contributed by atoms with Gasteiger partial charge in [-0.1, -0.05) is 30.3 Å². The SMILES string of the molecule is Cc1cn(-c2ccc3n(c2=O)CCN(Cc2cccc(-c4cccc(F)c4)c2)C3=O)cn1. The molecule has 2 aromatic heterocycles. The number of fused-ring (bicyclic) bond motifs is 1. The molecule has 6 nitrogen and oxygen atoms in total. The fourth-order valence-corrected chi connectivity index (χ4v) is 4.10. The Labute approximate surface area is 184 Å². The van der Waals surface area contributed by atoms with E-state index < -0.39 is 0 Å². The third-order valence-corrected chi connectivity index (χ3v) is 5.70. The number of halogens is 1. The van der Waals surface area contributed by atoms with Crippen molar-refractivity contribution >= 4 is 5.91 Å². The van der Waals surface area contributed by atoms with Crippen molar-refractivity contribution in [3.63, 3.8) is 0 Å². The van der Waals surface area contributed by atoms with Crippen molar-refractivity contribution in [2.75, 3.05) is 6.54 Å². The molecule has 1 aliphatic rings. The standard InChI is InChI=1S/C25H21FN4O2/c1-17-14-29(16-27-17)22-8-9-23-24(31)28(10-11-30(23)25(22)32)15-18-4-2-5-19(12-18)20-6-3-7-21(26)13-20/h2-9,12-14,16H,10-11,15H2,1H3. The molecule has 1 amide bonds. The summed E-state index contributed by atoms with van der Waals surface area (Å²) in [6.45, 7) is 3.13. The lowest BCUT2D eigenvalue weighted by molar-refractivity contribution is 0.0686. The number of aromatic nitrogens is 3. The molecule has 0 unspecified atom stereocenters. The van der Waals surface area contributed by atoms with Gasteiger partial charge in [0, 0.05) is 25.8 Å². The Kier molecular flexibility index (Phi) is 4.93. The first-order chi connectivity index (χ1) is 15.5. The van der Waals surface area contributed by atoms with Crippen LogP contribution in [-0.2, 0) is 13.1 Å². The first-order valence-corrected chi connectivity index (χ1v) is 10.4. The van der Waals surface area contributed by atoms with Crippen LogP contribution in [0.15, 0.2) is 78.0 Å². The number of hydrogen-bond donors (Lipinski definition) is 0. The molecule has 7 heteroatoms. The average molecular weight is 428 g/mol. The van der Waals surface area contributed by atoms with Crippen LogP contribution < -0.4 is 5.56 Å². The molecule has 0 bridgehead atoms. The van der Waals surface area contributed by atoms with E-state index in [0.717, 1.165) is 22.4 Å². The molecule has 160 valence electrons. The van der Waals surface area contributed by atoms with Crippen LogP contribution >= 0.6 is 0 Å². The fourth-order valence-electron chi connectivity index (χ4n) is 4.10. The molecule has 0 N–H and O–H groups in total. The van der Waals surface area contributed by atoms with Gasteiger partial charge in [-0.15, -0.1) is 0 Å². The van der Waals surface area contributed by atoms with E-state index in [1.165, 1.54) is 16.7 Å². The molecule has 0 atom stereocenters. The Balaban J connectivity index is 1.40. The van der Waals surface area contributed by atoms with Gasteiger partial charge in [-0.2, -0.15) is 0 Å². The van der Waals surface area contributed by atoms with Crippen LogP contribution in [0.5, 0.6) is 0 Å². The van der Waals surface area contributed by atoms with E-state index >= 15 is 0 Å². The van der Waals surface area contributed by atoms with Gasteiger partial charge >= 0.3 is 0 Å². The summed E-state index contributed by atoms with van der Waals surface area (Å²) in [4.78, 5) is 32.0. The smallest absolute Gasteiger partial charge is 0.275 e. The molecule has 0 fully saturated rings. The lowest BCUT2D eigenvalue weighted by atomic mass is 10.0. The number of pyridine rings is 1. The van der Waals surface area contributed by atoms with Crippen molar-refractivity contribution in [2.45, 2.75) is 20.0 Å². The van der Waals surface area contributed by atoms with Crippen LogP contribution in [0.1, 0.15) is 21.7 Å². The maximum Gasteiger partial charge on any atom is 0.275 e. The number of hydrogen-bond acceptors (Lipinski definition) is 3. The number of benzene rings is 2. The Morgan fingerprint density at radius 3 is 2.50 bits per heavy atom.